The fourth-order valence-electron chi connectivity index (χ4n) is 3.48. The summed E-state index contributed by atoms with van der Waals surface area (Å²) in [6.07, 6.45) is 0. The lowest BCUT2D eigenvalue weighted by Crippen LogP contribution is -2.45. The van der Waals surface area contributed by atoms with E-state index in [0.29, 0.717) is 19.7 Å². The number of benzene rings is 1. The van der Waals surface area contributed by atoms with Crippen molar-refractivity contribution in [1.82, 2.24) is 4.90 Å². The lowest BCUT2D eigenvalue weighted by Gasteiger charge is -2.36. The second-order valence-electron chi connectivity index (χ2n) is 5.93. The summed E-state index contributed by atoms with van der Waals surface area (Å²) in [5, 5.41) is 9.81. The standard InChI is InChI=1S/C16H21NO5/c1-20-6-5-17-8-13-12-4-3-11(21-2)7-14(12)22-10-16(13,9-17)15(18)19/h3-4,7,13H,5-6,8-10H2,1-2H3,(H,18,19)/t13-,16-/m1/s1. The molecule has 6 heteroatoms. The van der Waals surface area contributed by atoms with Crippen molar-refractivity contribution < 1.29 is 24.1 Å². The number of likely N-dealkylation sites (tertiary alicyclic amines) is 1. The number of hydrogen-bond donors (Lipinski definition) is 1. The van der Waals surface area contributed by atoms with Crippen LogP contribution in [0.4, 0.5) is 0 Å². The van der Waals surface area contributed by atoms with Crippen LogP contribution >= 0.6 is 0 Å². The minimum Gasteiger partial charge on any atom is -0.497 e. The van der Waals surface area contributed by atoms with Crippen LogP contribution in [-0.2, 0) is 9.53 Å². The lowest BCUT2D eigenvalue weighted by atomic mass is 9.73. The zero-order chi connectivity index (χ0) is 15.7. The molecule has 22 heavy (non-hydrogen) atoms. The first-order valence-electron chi connectivity index (χ1n) is 7.36. The maximum atomic E-state index is 11.9. The van der Waals surface area contributed by atoms with E-state index in [-0.39, 0.29) is 12.5 Å². The van der Waals surface area contributed by atoms with Crippen molar-refractivity contribution in [3.8, 4) is 11.5 Å². The summed E-state index contributed by atoms with van der Waals surface area (Å²) in [5.41, 5.74) is 0.0735. The highest BCUT2D eigenvalue weighted by molar-refractivity contribution is 5.78. The van der Waals surface area contributed by atoms with Crippen LogP contribution in [0.25, 0.3) is 0 Å². The SMILES string of the molecule is COCCN1C[C@@H]2c3ccc(OC)cc3OC[C@]2(C(=O)O)C1. The molecule has 0 aromatic heterocycles. The van der Waals surface area contributed by atoms with Gasteiger partial charge in [-0.15, -0.1) is 0 Å². The molecule has 2 aliphatic rings. The Morgan fingerprint density at radius 1 is 1.50 bits per heavy atom. The summed E-state index contributed by atoms with van der Waals surface area (Å²) in [4.78, 5) is 14.1. The largest absolute Gasteiger partial charge is 0.497 e. The number of fused-ring (bicyclic) bond motifs is 3. The molecule has 120 valence electrons. The minimum absolute atomic E-state index is 0.0727. The maximum Gasteiger partial charge on any atom is 0.315 e. The summed E-state index contributed by atoms with van der Waals surface area (Å²) >= 11 is 0. The maximum absolute atomic E-state index is 11.9. The number of methoxy groups -OCH3 is 2. The third-order valence-electron chi connectivity index (χ3n) is 4.73. The zero-order valence-electron chi connectivity index (χ0n) is 12.9. The molecule has 0 unspecified atom stereocenters. The molecule has 2 heterocycles. The quantitative estimate of drug-likeness (QED) is 0.882. The third-order valence-corrected chi connectivity index (χ3v) is 4.73. The van der Waals surface area contributed by atoms with E-state index in [1.165, 1.54) is 0 Å². The summed E-state index contributed by atoms with van der Waals surface area (Å²) < 4.78 is 16.1. The molecule has 2 atom stereocenters. The van der Waals surface area contributed by atoms with Crippen LogP contribution in [0.3, 0.4) is 0 Å². The topological polar surface area (TPSA) is 68.2 Å². The molecule has 0 spiro atoms. The molecule has 0 saturated carbocycles. The van der Waals surface area contributed by atoms with Gasteiger partial charge in [0.15, 0.2) is 0 Å². The van der Waals surface area contributed by atoms with E-state index >= 15 is 0 Å². The van der Waals surface area contributed by atoms with Crippen molar-refractivity contribution in [3.05, 3.63) is 23.8 Å². The molecule has 3 rings (SSSR count). The van der Waals surface area contributed by atoms with Crippen molar-refractivity contribution in [2.45, 2.75) is 5.92 Å². The van der Waals surface area contributed by atoms with Gasteiger partial charge in [-0.1, -0.05) is 6.07 Å². The number of carboxylic acid groups (broad SMARTS) is 1. The number of carbonyl (C=O) groups is 1. The van der Waals surface area contributed by atoms with E-state index in [0.717, 1.165) is 23.6 Å². The molecule has 1 fully saturated rings. The number of nitrogens with zero attached hydrogens (tertiary/aromatic N) is 1. The summed E-state index contributed by atoms with van der Waals surface area (Å²) in [5.74, 6) is 0.584. The molecule has 0 amide bonds. The Labute approximate surface area is 129 Å². The molecule has 0 bridgehead atoms. The highest BCUT2D eigenvalue weighted by Gasteiger charge is 2.56. The van der Waals surface area contributed by atoms with Gasteiger partial charge >= 0.3 is 5.97 Å². The van der Waals surface area contributed by atoms with Gasteiger partial charge in [0, 0.05) is 44.3 Å². The summed E-state index contributed by atoms with van der Waals surface area (Å²) in [6.45, 7) is 2.71. The van der Waals surface area contributed by atoms with E-state index in [9.17, 15) is 9.90 Å². The number of carboxylic acids is 1. The van der Waals surface area contributed by atoms with Gasteiger partial charge in [0.1, 0.15) is 23.5 Å². The van der Waals surface area contributed by atoms with E-state index in [1.807, 2.05) is 18.2 Å². The predicted octanol–water partition coefficient (Wildman–Crippen LogP) is 1.20. The van der Waals surface area contributed by atoms with Crippen LogP contribution in [-0.4, -0.2) is 63.0 Å². The van der Waals surface area contributed by atoms with Gasteiger partial charge in [-0.2, -0.15) is 0 Å². The minimum atomic E-state index is -0.880. The monoisotopic (exact) mass is 307 g/mol. The van der Waals surface area contributed by atoms with Crippen molar-refractivity contribution >= 4 is 5.97 Å². The average molecular weight is 307 g/mol. The van der Waals surface area contributed by atoms with Crippen LogP contribution in [0, 0.1) is 5.41 Å². The van der Waals surface area contributed by atoms with Gasteiger partial charge in [-0.25, -0.2) is 0 Å². The molecule has 1 N–H and O–H groups in total. The Hall–Kier alpha value is -1.79. The van der Waals surface area contributed by atoms with Crippen molar-refractivity contribution in [2.24, 2.45) is 5.41 Å². The first kappa shape index (κ1) is 15.1. The van der Waals surface area contributed by atoms with Crippen LogP contribution < -0.4 is 9.47 Å². The zero-order valence-corrected chi connectivity index (χ0v) is 12.9. The van der Waals surface area contributed by atoms with Crippen LogP contribution in [0.5, 0.6) is 11.5 Å². The second kappa shape index (κ2) is 5.78. The Balaban J connectivity index is 1.94. The van der Waals surface area contributed by atoms with Crippen LogP contribution in [0.15, 0.2) is 18.2 Å². The molecule has 2 aliphatic heterocycles. The Morgan fingerprint density at radius 3 is 3.00 bits per heavy atom. The molecule has 6 nitrogen and oxygen atoms in total. The van der Waals surface area contributed by atoms with Gasteiger partial charge < -0.3 is 19.3 Å². The summed E-state index contributed by atoms with van der Waals surface area (Å²) in [6, 6.07) is 5.62. The first-order chi connectivity index (χ1) is 10.6. The Kier molecular flexibility index (Phi) is 3.97. The first-order valence-corrected chi connectivity index (χ1v) is 7.36. The van der Waals surface area contributed by atoms with Crippen molar-refractivity contribution in [1.29, 1.82) is 0 Å². The second-order valence-corrected chi connectivity index (χ2v) is 5.93. The highest BCUT2D eigenvalue weighted by Crippen LogP contribution is 2.50. The summed E-state index contributed by atoms with van der Waals surface area (Å²) in [7, 11) is 3.26. The average Bonchev–Trinajstić information content (AvgIpc) is 2.92. The fraction of sp³-hybridized carbons (Fsp3) is 0.562. The molecule has 1 aromatic rings. The molecule has 0 aliphatic carbocycles. The molecular formula is C16H21NO5. The van der Waals surface area contributed by atoms with Crippen molar-refractivity contribution in [3.63, 3.8) is 0 Å². The Bertz CT molecular complexity index is 576. The van der Waals surface area contributed by atoms with Crippen LogP contribution in [0.2, 0.25) is 0 Å². The van der Waals surface area contributed by atoms with E-state index < -0.39 is 11.4 Å². The molecule has 0 radical (unpaired) electrons. The Morgan fingerprint density at radius 2 is 2.32 bits per heavy atom. The van der Waals surface area contributed by atoms with Gasteiger partial charge in [0.25, 0.3) is 0 Å². The predicted molar refractivity (Wildman–Crippen MR) is 79.6 cm³/mol. The number of rotatable bonds is 5. The van der Waals surface area contributed by atoms with Gasteiger partial charge in [-0.05, 0) is 6.07 Å². The fourth-order valence-corrected chi connectivity index (χ4v) is 3.48. The van der Waals surface area contributed by atoms with E-state index in [4.69, 9.17) is 14.2 Å². The van der Waals surface area contributed by atoms with E-state index in [1.54, 1.807) is 14.2 Å². The molecule has 1 saturated heterocycles. The number of aliphatic carboxylic acids is 1. The van der Waals surface area contributed by atoms with Crippen LogP contribution in [0.1, 0.15) is 11.5 Å². The van der Waals surface area contributed by atoms with Crippen molar-refractivity contribution in [2.75, 3.05) is 47.1 Å². The molecular weight excluding hydrogens is 286 g/mol. The lowest BCUT2D eigenvalue weighted by molar-refractivity contribution is -0.151. The number of ether oxygens (including phenoxy) is 3. The smallest absolute Gasteiger partial charge is 0.315 e. The van der Waals surface area contributed by atoms with Gasteiger partial charge in [0.2, 0.25) is 0 Å². The highest BCUT2D eigenvalue weighted by atomic mass is 16.5. The van der Waals surface area contributed by atoms with Gasteiger partial charge in [-0.3, -0.25) is 9.69 Å². The third kappa shape index (κ3) is 2.32. The number of hydrogen-bond acceptors (Lipinski definition) is 5. The van der Waals surface area contributed by atoms with E-state index in [2.05, 4.69) is 4.90 Å². The molecule has 1 aromatic carbocycles. The normalized spacial score (nSPS) is 26.9. The van der Waals surface area contributed by atoms with Gasteiger partial charge in [0.05, 0.1) is 13.7 Å².